The van der Waals surface area contributed by atoms with Crippen LogP contribution in [-0.2, 0) is 0 Å². The van der Waals surface area contributed by atoms with Gasteiger partial charge in [-0.25, -0.2) is 8.78 Å². The van der Waals surface area contributed by atoms with Gasteiger partial charge in [-0.1, -0.05) is 11.6 Å². The number of carbonyl (C=O) groups excluding carboxylic acids is 1. The molecule has 0 spiro atoms. The zero-order chi connectivity index (χ0) is 13.3. The second kappa shape index (κ2) is 5.16. The quantitative estimate of drug-likeness (QED) is 0.734. The molecule has 2 rings (SSSR count). The molecule has 0 amide bonds. The molecular formula is C13H6BrClF2O. The lowest BCUT2D eigenvalue weighted by Crippen LogP contribution is -2.02. The SMILES string of the molecule is O=C(c1ccc(F)c(F)c1)c1ccc(Br)c(Cl)c1. The molecule has 0 heterocycles. The summed E-state index contributed by atoms with van der Waals surface area (Å²) in [5, 5.41) is 0.378. The van der Waals surface area contributed by atoms with Crippen LogP contribution in [0.3, 0.4) is 0 Å². The summed E-state index contributed by atoms with van der Waals surface area (Å²) in [4.78, 5) is 12.0. The minimum atomic E-state index is -1.05. The van der Waals surface area contributed by atoms with Gasteiger partial charge in [-0.15, -0.1) is 0 Å². The molecule has 0 bridgehead atoms. The Balaban J connectivity index is 2.41. The average Bonchev–Trinajstić information content (AvgIpc) is 2.35. The third-order valence-electron chi connectivity index (χ3n) is 2.36. The fourth-order valence-electron chi connectivity index (χ4n) is 1.44. The standard InChI is InChI=1S/C13H6BrClF2O/c14-9-3-1-7(5-10(9)15)13(18)8-2-4-11(16)12(17)6-8/h1-6H. The lowest BCUT2D eigenvalue weighted by atomic mass is 10.0. The van der Waals surface area contributed by atoms with Gasteiger partial charge in [-0.2, -0.15) is 0 Å². The Kier molecular flexibility index (Phi) is 3.78. The molecule has 0 aliphatic heterocycles. The van der Waals surface area contributed by atoms with Gasteiger partial charge in [0.05, 0.1) is 5.02 Å². The number of halogens is 4. The van der Waals surface area contributed by atoms with Crippen LogP contribution in [0.1, 0.15) is 15.9 Å². The highest BCUT2D eigenvalue weighted by atomic mass is 79.9. The monoisotopic (exact) mass is 330 g/mol. The van der Waals surface area contributed by atoms with Crippen molar-refractivity contribution in [2.24, 2.45) is 0 Å². The third-order valence-corrected chi connectivity index (χ3v) is 3.60. The Morgan fingerprint density at radius 3 is 2.22 bits per heavy atom. The van der Waals surface area contributed by atoms with Gasteiger partial charge in [0.25, 0.3) is 0 Å². The van der Waals surface area contributed by atoms with Gasteiger partial charge in [0.2, 0.25) is 0 Å². The molecule has 0 aliphatic rings. The highest BCUT2D eigenvalue weighted by molar-refractivity contribution is 9.10. The second-order valence-corrected chi connectivity index (χ2v) is 4.85. The van der Waals surface area contributed by atoms with Gasteiger partial charge in [-0.05, 0) is 52.3 Å². The number of carbonyl (C=O) groups is 1. The lowest BCUT2D eigenvalue weighted by Gasteiger charge is -2.03. The van der Waals surface area contributed by atoms with E-state index in [2.05, 4.69) is 15.9 Å². The van der Waals surface area contributed by atoms with Crippen LogP contribution >= 0.6 is 27.5 Å². The van der Waals surface area contributed by atoms with Crippen LogP contribution in [0.25, 0.3) is 0 Å². The minimum absolute atomic E-state index is 0.0762. The molecule has 0 radical (unpaired) electrons. The Morgan fingerprint density at radius 2 is 1.61 bits per heavy atom. The summed E-state index contributed by atoms with van der Waals surface area (Å²) in [6, 6.07) is 7.66. The van der Waals surface area contributed by atoms with Crippen molar-refractivity contribution in [3.63, 3.8) is 0 Å². The largest absolute Gasteiger partial charge is 0.289 e. The molecule has 2 aromatic rings. The maximum atomic E-state index is 13.0. The topological polar surface area (TPSA) is 17.1 Å². The lowest BCUT2D eigenvalue weighted by molar-refractivity contribution is 0.103. The predicted octanol–water partition coefficient (Wildman–Crippen LogP) is 4.61. The molecule has 18 heavy (non-hydrogen) atoms. The third kappa shape index (κ3) is 2.60. The van der Waals surface area contributed by atoms with Gasteiger partial charge in [0.1, 0.15) is 0 Å². The van der Waals surface area contributed by atoms with E-state index in [9.17, 15) is 13.6 Å². The van der Waals surface area contributed by atoms with E-state index >= 15 is 0 Å². The number of benzene rings is 2. The molecule has 2 aromatic carbocycles. The van der Waals surface area contributed by atoms with Gasteiger partial charge in [0, 0.05) is 15.6 Å². The zero-order valence-corrected chi connectivity index (χ0v) is 11.2. The highest BCUT2D eigenvalue weighted by Crippen LogP contribution is 2.24. The Bertz CT molecular complexity index is 575. The summed E-state index contributed by atoms with van der Waals surface area (Å²) in [6.45, 7) is 0. The van der Waals surface area contributed by atoms with Gasteiger partial charge in [-0.3, -0.25) is 4.79 Å². The molecular weight excluding hydrogens is 325 g/mol. The van der Waals surface area contributed by atoms with Gasteiger partial charge >= 0.3 is 0 Å². The molecule has 5 heteroatoms. The van der Waals surface area contributed by atoms with Crippen LogP contribution in [0, 0.1) is 11.6 Å². The minimum Gasteiger partial charge on any atom is -0.289 e. The van der Waals surface area contributed by atoms with Crippen LogP contribution in [0.15, 0.2) is 40.9 Å². The van der Waals surface area contributed by atoms with Crippen molar-refractivity contribution in [2.75, 3.05) is 0 Å². The number of hydrogen-bond acceptors (Lipinski definition) is 1. The molecule has 0 saturated carbocycles. The van der Waals surface area contributed by atoms with E-state index in [0.717, 1.165) is 12.1 Å². The normalized spacial score (nSPS) is 10.4. The first kappa shape index (κ1) is 13.2. The van der Waals surface area contributed by atoms with Crippen molar-refractivity contribution in [3.8, 4) is 0 Å². The van der Waals surface area contributed by atoms with Crippen LogP contribution in [-0.4, -0.2) is 5.78 Å². The molecule has 0 aromatic heterocycles. The van der Waals surface area contributed by atoms with Crippen molar-refractivity contribution < 1.29 is 13.6 Å². The molecule has 0 aliphatic carbocycles. The molecule has 0 saturated heterocycles. The average molecular weight is 332 g/mol. The molecule has 0 unspecified atom stereocenters. The maximum Gasteiger partial charge on any atom is 0.193 e. The van der Waals surface area contributed by atoms with Crippen molar-refractivity contribution >= 4 is 33.3 Å². The van der Waals surface area contributed by atoms with Crippen molar-refractivity contribution in [2.45, 2.75) is 0 Å². The van der Waals surface area contributed by atoms with E-state index in [0.29, 0.717) is 15.1 Å². The van der Waals surface area contributed by atoms with Gasteiger partial charge in [0.15, 0.2) is 17.4 Å². The van der Waals surface area contributed by atoms with Crippen molar-refractivity contribution in [1.29, 1.82) is 0 Å². The summed E-state index contributed by atoms with van der Waals surface area (Å²) in [5.41, 5.74) is 0.390. The fourth-order valence-corrected chi connectivity index (χ4v) is 1.87. The molecule has 0 atom stereocenters. The van der Waals surface area contributed by atoms with E-state index in [1.807, 2.05) is 0 Å². The zero-order valence-electron chi connectivity index (χ0n) is 8.88. The number of ketones is 1. The maximum absolute atomic E-state index is 13.0. The van der Waals surface area contributed by atoms with Crippen LogP contribution in [0.5, 0.6) is 0 Å². The summed E-state index contributed by atoms with van der Waals surface area (Å²) < 4.78 is 26.5. The van der Waals surface area contributed by atoms with Crippen LogP contribution < -0.4 is 0 Å². The Labute approximate surface area is 116 Å². The van der Waals surface area contributed by atoms with Crippen molar-refractivity contribution in [1.82, 2.24) is 0 Å². The first-order valence-electron chi connectivity index (χ1n) is 4.94. The second-order valence-electron chi connectivity index (χ2n) is 3.59. The highest BCUT2D eigenvalue weighted by Gasteiger charge is 2.13. The summed E-state index contributed by atoms with van der Waals surface area (Å²) >= 11 is 9.07. The van der Waals surface area contributed by atoms with Gasteiger partial charge < -0.3 is 0 Å². The first-order valence-corrected chi connectivity index (χ1v) is 6.11. The number of hydrogen-bond donors (Lipinski definition) is 0. The van der Waals surface area contributed by atoms with Crippen LogP contribution in [0.4, 0.5) is 8.78 Å². The Morgan fingerprint density at radius 1 is 1.00 bits per heavy atom. The Hall–Kier alpha value is -1.26. The summed E-state index contributed by atoms with van der Waals surface area (Å²) in [5.74, 6) is -2.45. The van der Waals surface area contributed by atoms with E-state index in [-0.39, 0.29) is 5.56 Å². The predicted molar refractivity (Wildman–Crippen MR) is 68.9 cm³/mol. The summed E-state index contributed by atoms with van der Waals surface area (Å²) in [7, 11) is 0. The van der Waals surface area contributed by atoms with Crippen LogP contribution in [0.2, 0.25) is 5.02 Å². The molecule has 0 N–H and O–H groups in total. The fraction of sp³-hybridized carbons (Fsp3) is 0. The molecule has 92 valence electrons. The van der Waals surface area contributed by atoms with E-state index < -0.39 is 17.4 Å². The summed E-state index contributed by atoms with van der Waals surface area (Å²) in [6.07, 6.45) is 0. The van der Waals surface area contributed by atoms with E-state index in [4.69, 9.17) is 11.6 Å². The molecule has 0 fully saturated rings. The van der Waals surface area contributed by atoms with E-state index in [1.54, 1.807) is 12.1 Å². The number of rotatable bonds is 2. The smallest absolute Gasteiger partial charge is 0.193 e. The molecule has 1 nitrogen and oxygen atoms in total. The van der Waals surface area contributed by atoms with Crippen molar-refractivity contribution in [3.05, 3.63) is 68.7 Å². The van der Waals surface area contributed by atoms with E-state index in [1.165, 1.54) is 12.1 Å². The first-order chi connectivity index (χ1) is 8.49.